The van der Waals surface area contributed by atoms with Gasteiger partial charge in [0, 0.05) is 18.0 Å². The molecule has 0 radical (unpaired) electrons. The highest BCUT2D eigenvalue weighted by molar-refractivity contribution is 6.23. The third kappa shape index (κ3) is 3.54. The van der Waals surface area contributed by atoms with Gasteiger partial charge in [-0.15, -0.1) is 0 Å². The number of rotatable bonds is 6. The van der Waals surface area contributed by atoms with E-state index in [1.54, 1.807) is 13.0 Å². The van der Waals surface area contributed by atoms with Crippen LogP contribution in [0.3, 0.4) is 0 Å². The number of nitrogens with one attached hydrogen (secondary N) is 1. The number of hydroxylamine groups is 1. The first kappa shape index (κ1) is 24.9. The van der Waals surface area contributed by atoms with Crippen molar-refractivity contribution in [1.82, 2.24) is 10.4 Å². The highest BCUT2D eigenvalue weighted by Crippen LogP contribution is 2.52. The average Bonchev–Trinajstić information content (AvgIpc) is 2.77. The van der Waals surface area contributed by atoms with Gasteiger partial charge in [-0.2, -0.15) is 5.48 Å². The SMILES string of the molecule is CCONCc1ccc(O)c2c1C[C@H]1C[C@H]3[C@H](N(C)C)C(=O)C(C(=O)O)=C(O)[C@@]3(O)C(=O)C1=C2O. The molecule has 0 bridgehead atoms. The summed E-state index contributed by atoms with van der Waals surface area (Å²) in [5.41, 5.74) is 0.105. The summed E-state index contributed by atoms with van der Waals surface area (Å²) in [5, 5.41) is 53.5. The fourth-order valence-corrected chi connectivity index (χ4v) is 5.67. The first-order valence-corrected chi connectivity index (χ1v) is 11.2. The number of carboxylic acids is 1. The Hall–Kier alpha value is -3.25. The molecule has 0 spiro atoms. The lowest BCUT2D eigenvalue weighted by Gasteiger charge is -2.50. The number of hydrogen-bond acceptors (Lipinski definition) is 10. The van der Waals surface area contributed by atoms with Gasteiger partial charge < -0.3 is 30.4 Å². The van der Waals surface area contributed by atoms with Gasteiger partial charge in [0.25, 0.3) is 0 Å². The zero-order valence-electron chi connectivity index (χ0n) is 19.5. The topological polar surface area (TPSA) is 177 Å². The number of benzene rings is 1. The van der Waals surface area contributed by atoms with Crippen LogP contribution in [0.25, 0.3) is 5.76 Å². The maximum absolute atomic E-state index is 13.7. The van der Waals surface area contributed by atoms with Crippen molar-refractivity contribution < 1.29 is 44.8 Å². The number of Topliss-reactive ketones (excluding diaryl/α,β-unsaturated/α-hetero) is 2. The van der Waals surface area contributed by atoms with E-state index in [1.807, 2.05) is 0 Å². The number of likely N-dealkylation sites (N-methyl/N-ethyl adjacent to an activating group) is 1. The summed E-state index contributed by atoms with van der Waals surface area (Å²) in [7, 11) is 3.04. The second-order valence-electron chi connectivity index (χ2n) is 9.25. The van der Waals surface area contributed by atoms with Crippen LogP contribution in [0.2, 0.25) is 0 Å². The standard InChI is InChI=1S/C24H28N2O9/c1-4-35-25-9-10-5-6-14(27)16-12(10)7-11-8-13-18(26(2)3)20(29)17(23(32)33)22(31)24(13,34)21(30)15(11)19(16)28/h5-6,11,13,18,25,27-28,31,34H,4,7-9H2,1-3H3,(H,32,33)/t11-,13-,18-,24-/m0/s1. The largest absolute Gasteiger partial charge is 0.508 e. The summed E-state index contributed by atoms with van der Waals surface area (Å²) in [6.07, 6.45) is 0.204. The van der Waals surface area contributed by atoms with Crippen LogP contribution >= 0.6 is 0 Å². The first-order chi connectivity index (χ1) is 16.5. The summed E-state index contributed by atoms with van der Waals surface area (Å²) in [5.74, 6) is -7.63. The molecule has 3 aliphatic rings. The van der Waals surface area contributed by atoms with Gasteiger partial charge in [0.1, 0.15) is 17.1 Å². The molecule has 188 valence electrons. The Labute approximate surface area is 200 Å². The molecular formula is C24H28N2O9. The van der Waals surface area contributed by atoms with Crippen molar-refractivity contribution >= 4 is 23.3 Å². The summed E-state index contributed by atoms with van der Waals surface area (Å²) in [6.45, 7) is 2.49. The van der Waals surface area contributed by atoms with Crippen LogP contribution in [0.15, 0.2) is 29.0 Å². The third-order valence-corrected chi connectivity index (χ3v) is 7.18. The number of fused-ring (bicyclic) bond motifs is 3. The molecule has 0 aliphatic heterocycles. The lowest BCUT2D eigenvalue weighted by molar-refractivity contribution is -0.155. The number of phenols is 1. The van der Waals surface area contributed by atoms with Gasteiger partial charge in [0.15, 0.2) is 17.1 Å². The van der Waals surface area contributed by atoms with Crippen LogP contribution in [0, 0.1) is 11.8 Å². The second-order valence-corrected chi connectivity index (χ2v) is 9.25. The van der Waals surface area contributed by atoms with Crippen LogP contribution in [0.5, 0.6) is 5.75 Å². The van der Waals surface area contributed by atoms with Crippen molar-refractivity contribution in [3.8, 4) is 5.75 Å². The smallest absolute Gasteiger partial charge is 0.342 e. The first-order valence-electron chi connectivity index (χ1n) is 11.2. The van der Waals surface area contributed by atoms with Crippen molar-refractivity contribution in [2.75, 3.05) is 20.7 Å². The molecule has 0 amide bonds. The van der Waals surface area contributed by atoms with Gasteiger partial charge in [0.2, 0.25) is 5.78 Å². The van der Waals surface area contributed by atoms with E-state index in [4.69, 9.17) is 4.84 Å². The molecule has 1 saturated carbocycles. The van der Waals surface area contributed by atoms with E-state index in [0.29, 0.717) is 17.7 Å². The van der Waals surface area contributed by atoms with Crippen LogP contribution in [0.4, 0.5) is 0 Å². The van der Waals surface area contributed by atoms with Crippen molar-refractivity contribution in [3.05, 3.63) is 45.7 Å². The number of carbonyl (C=O) groups excluding carboxylic acids is 2. The van der Waals surface area contributed by atoms with E-state index >= 15 is 0 Å². The number of nitrogens with zero attached hydrogens (tertiary/aromatic N) is 1. The van der Waals surface area contributed by atoms with Gasteiger partial charge in [-0.1, -0.05) is 6.07 Å². The van der Waals surface area contributed by atoms with Gasteiger partial charge in [-0.05, 0) is 57.0 Å². The van der Waals surface area contributed by atoms with Crippen molar-refractivity contribution in [3.63, 3.8) is 0 Å². The monoisotopic (exact) mass is 488 g/mol. The average molecular weight is 488 g/mol. The van der Waals surface area contributed by atoms with Crippen molar-refractivity contribution in [2.24, 2.45) is 11.8 Å². The van der Waals surface area contributed by atoms with Gasteiger partial charge in [-0.25, -0.2) is 4.79 Å². The number of aliphatic hydroxyl groups is 3. The molecule has 1 aromatic rings. The molecule has 0 unspecified atom stereocenters. The van der Waals surface area contributed by atoms with Gasteiger partial charge in [0.05, 0.1) is 18.2 Å². The minimum Gasteiger partial charge on any atom is -0.508 e. The minimum atomic E-state index is -2.72. The Morgan fingerprint density at radius 3 is 2.51 bits per heavy atom. The number of carboxylic acid groups (broad SMARTS) is 1. The van der Waals surface area contributed by atoms with Crippen molar-refractivity contribution in [1.29, 1.82) is 0 Å². The lowest BCUT2D eigenvalue weighted by Crippen LogP contribution is -2.65. The maximum Gasteiger partial charge on any atom is 0.342 e. The van der Waals surface area contributed by atoms with E-state index < -0.39 is 58.1 Å². The van der Waals surface area contributed by atoms with Crippen LogP contribution in [-0.4, -0.2) is 80.3 Å². The predicted octanol–water partition coefficient (Wildman–Crippen LogP) is 0.604. The molecule has 4 atom stereocenters. The van der Waals surface area contributed by atoms with Crippen LogP contribution in [-0.2, 0) is 32.2 Å². The van der Waals surface area contributed by atoms with E-state index in [9.17, 15) is 39.9 Å². The number of aromatic hydroxyl groups is 1. The zero-order valence-corrected chi connectivity index (χ0v) is 19.5. The number of hydrogen-bond donors (Lipinski definition) is 6. The number of ketones is 2. The zero-order chi connectivity index (χ0) is 25.8. The molecule has 3 aliphatic carbocycles. The van der Waals surface area contributed by atoms with E-state index in [1.165, 1.54) is 25.1 Å². The molecule has 11 heteroatoms. The highest BCUT2D eigenvalue weighted by Gasteiger charge is 2.64. The molecule has 1 fully saturated rings. The summed E-state index contributed by atoms with van der Waals surface area (Å²) < 4.78 is 0. The number of phenolic OH excluding ortho intramolecular Hbond substituents is 1. The maximum atomic E-state index is 13.7. The molecule has 4 rings (SSSR count). The summed E-state index contributed by atoms with van der Waals surface area (Å²) in [4.78, 5) is 45.1. The Morgan fingerprint density at radius 2 is 1.91 bits per heavy atom. The van der Waals surface area contributed by atoms with Gasteiger partial charge >= 0.3 is 5.97 Å². The Bertz CT molecular complexity index is 1190. The minimum absolute atomic E-state index is 0.000599. The molecule has 1 aromatic carbocycles. The fourth-order valence-electron chi connectivity index (χ4n) is 5.67. The summed E-state index contributed by atoms with van der Waals surface area (Å²) >= 11 is 0. The fraction of sp³-hybridized carbons (Fsp3) is 0.458. The Kier molecular flexibility index (Phi) is 6.22. The molecular weight excluding hydrogens is 460 g/mol. The quantitative estimate of drug-likeness (QED) is 0.188. The van der Waals surface area contributed by atoms with Crippen LogP contribution < -0.4 is 5.48 Å². The molecule has 6 N–H and O–H groups in total. The number of aliphatic carboxylic acids is 1. The number of carbonyl (C=O) groups is 3. The van der Waals surface area contributed by atoms with E-state index in [0.717, 1.165) is 0 Å². The number of aliphatic hydroxyl groups excluding tert-OH is 2. The summed E-state index contributed by atoms with van der Waals surface area (Å²) in [6, 6.07) is 1.84. The Balaban J connectivity index is 1.91. The Morgan fingerprint density at radius 1 is 1.23 bits per heavy atom. The molecule has 35 heavy (non-hydrogen) atoms. The highest BCUT2D eigenvalue weighted by atomic mass is 16.6. The van der Waals surface area contributed by atoms with Crippen molar-refractivity contribution in [2.45, 2.75) is 38.0 Å². The predicted molar refractivity (Wildman–Crippen MR) is 121 cm³/mol. The second kappa shape index (κ2) is 8.76. The van der Waals surface area contributed by atoms with E-state index in [2.05, 4.69) is 5.48 Å². The molecule has 0 heterocycles. The van der Waals surface area contributed by atoms with E-state index in [-0.39, 0.29) is 36.3 Å². The normalized spacial score (nSPS) is 28.2. The van der Waals surface area contributed by atoms with Crippen LogP contribution in [0.1, 0.15) is 30.0 Å². The van der Waals surface area contributed by atoms with Gasteiger partial charge in [-0.3, -0.25) is 14.5 Å². The molecule has 0 saturated heterocycles. The molecule has 0 aromatic heterocycles. The lowest BCUT2D eigenvalue weighted by atomic mass is 9.57. The third-order valence-electron chi connectivity index (χ3n) is 7.18. The molecule has 11 nitrogen and oxygen atoms in total.